The molecule has 2 aromatic heterocycles. The molecule has 3 aromatic rings. The lowest BCUT2D eigenvalue weighted by Gasteiger charge is -2.32. The van der Waals surface area contributed by atoms with E-state index >= 15 is 0 Å². The lowest BCUT2D eigenvalue weighted by atomic mass is 10.1. The summed E-state index contributed by atoms with van der Waals surface area (Å²) in [6, 6.07) is 3.71. The molecule has 0 amide bonds. The van der Waals surface area contributed by atoms with E-state index in [-0.39, 0.29) is 11.6 Å². The molecule has 1 atom stereocenters. The summed E-state index contributed by atoms with van der Waals surface area (Å²) in [6.45, 7) is 2.48. The van der Waals surface area contributed by atoms with Gasteiger partial charge in [-0.15, -0.1) is 5.10 Å². The second-order valence-electron chi connectivity index (χ2n) is 6.72. The van der Waals surface area contributed by atoms with E-state index in [2.05, 4.69) is 20.2 Å². The topological polar surface area (TPSA) is 51.8 Å². The van der Waals surface area contributed by atoms with Crippen LogP contribution in [-0.4, -0.2) is 42.5 Å². The Balaban J connectivity index is 1.56. The third-order valence-corrected chi connectivity index (χ3v) is 4.91. The molecule has 3 heterocycles. The van der Waals surface area contributed by atoms with Gasteiger partial charge in [-0.2, -0.15) is 13.2 Å². The maximum atomic E-state index is 12.9. The fraction of sp³-hybridized carbons (Fsp3) is 0.471. The van der Waals surface area contributed by atoms with E-state index in [9.17, 15) is 13.2 Å². The highest BCUT2D eigenvalue weighted by Crippen LogP contribution is 2.32. The Kier molecular flexibility index (Phi) is 4.18. The van der Waals surface area contributed by atoms with Gasteiger partial charge in [0, 0.05) is 26.0 Å². The van der Waals surface area contributed by atoms with Crippen LogP contribution in [0.25, 0.3) is 11.0 Å². The van der Waals surface area contributed by atoms with Crippen molar-refractivity contribution in [3.63, 3.8) is 0 Å². The molecule has 1 aromatic carbocycles. The minimum absolute atomic E-state index is 0.0887. The number of hydrogen-bond donors (Lipinski definition) is 0. The molecule has 0 radical (unpaired) electrons. The van der Waals surface area contributed by atoms with Crippen molar-refractivity contribution in [3.8, 4) is 0 Å². The van der Waals surface area contributed by atoms with E-state index in [0.717, 1.165) is 50.4 Å². The summed E-state index contributed by atoms with van der Waals surface area (Å²) in [7, 11) is 1.97. The number of hydrogen-bond acceptors (Lipinski definition) is 4. The molecule has 0 N–H and O–H groups in total. The number of fused-ring (bicyclic) bond motifs is 1. The zero-order valence-electron chi connectivity index (χ0n) is 14.3. The van der Waals surface area contributed by atoms with Gasteiger partial charge >= 0.3 is 6.18 Å². The summed E-state index contributed by atoms with van der Waals surface area (Å²) < 4.78 is 42.4. The number of likely N-dealkylation sites (tertiary alicyclic amines) is 1. The van der Waals surface area contributed by atoms with Gasteiger partial charge in [0.15, 0.2) is 0 Å². The van der Waals surface area contributed by atoms with Gasteiger partial charge in [0.1, 0.15) is 11.3 Å². The number of halogens is 3. The lowest BCUT2D eigenvalue weighted by Crippen LogP contribution is -2.37. The summed E-state index contributed by atoms with van der Waals surface area (Å²) in [5.41, 5.74) is 0.222. The van der Waals surface area contributed by atoms with Crippen LogP contribution in [0.15, 0.2) is 30.6 Å². The number of rotatable bonds is 3. The first-order valence-electron chi connectivity index (χ1n) is 8.52. The zero-order valence-corrected chi connectivity index (χ0v) is 14.3. The van der Waals surface area contributed by atoms with Crippen molar-refractivity contribution < 1.29 is 13.2 Å². The number of imidazole rings is 1. The van der Waals surface area contributed by atoms with Gasteiger partial charge in [-0.25, -0.2) is 9.67 Å². The van der Waals surface area contributed by atoms with E-state index in [0.29, 0.717) is 5.52 Å². The van der Waals surface area contributed by atoms with Crippen molar-refractivity contribution in [1.29, 1.82) is 0 Å². The Bertz CT molecular complexity index is 913. The highest BCUT2D eigenvalue weighted by molar-refractivity contribution is 5.75. The van der Waals surface area contributed by atoms with Crippen molar-refractivity contribution in [2.24, 2.45) is 7.05 Å². The average Bonchev–Trinajstić information content (AvgIpc) is 3.20. The second kappa shape index (κ2) is 6.39. The van der Waals surface area contributed by atoms with Crippen LogP contribution in [0.4, 0.5) is 13.2 Å². The normalized spacial score (nSPS) is 19.3. The predicted molar refractivity (Wildman–Crippen MR) is 89.3 cm³/mol. The van der Waals surface area contributed by atoms with Gasteiger partial charge in [-0.05, 0) is 37.6 Å². The SMILES string of the molecule is Cn1ccnc1CN1CCC[C@H](n2nnc3cc(C(F)(F)F)ccc32)C1. The number of aryl methyl sites for hydroxylation is 1. The molecule has 1 aliphatic rings. The van der Waals surface area contributed by atoms with Gasteiger partial charge in [-0.1, -0.05) is 5.21 Å². The molecule has 1 fully saturated rings. The molecular weight excluding hydrogens is 345 g/mol. The number of alkyl halides is 3. The molecule has 4 rings (SSSR count). The van der Waals surface area contributed by atoms with Crippen molar-refractivity contribution in [2.75, 3.05) is 13.1 Å². The molecule has 9 heteroatoms. The summed E-state index contributed by atoms with van der Waals surface area (Å²) in [6.07, 6.45) is 1.25. The summed E-state index contributed by atoms with van der Waals surface area (Å²) >= 11 is 0. The lowest BCUT2D eigenvalue weighted by molar-refractivity contribution is -0.137. The summed E-state index contributed by atoms with van der Waals surface area (Å²) in [4.78, 5) is 6.66. The largest absolute Gasteiger partial charge is 0.416 e. The van der Waals surface area contributed by atoms with Crippen LogP contribution in [0, 0.1) is 0 Å². The molecule has 6 nitrogen and oxygen atoms in total. The molecule has 0 unspecified atom stereocenters. The highest BCUT2D eigenvalue weighted by Gasteiger charge is 2.31. The van der Waals surface area contributed by atoms with E-state index < -0.39 is 11.7 Å². The van der Waals surface area contributed by atoms with Crippen molar-refractivity contribution >= 4 is 11.0 Å². The first-order chi connectivity index (χ1) is 12.4. The fourth-order valence-corrected chi connectivity index (χ4v) is 3.51. The van der Waals surface area contributed by atoms with Crippen LogP contribution in [0.5, 0.6) is 0 Å². The van der Waals surface area contributed by atoms with Crippen LogP contribution >= 0.6 is 0 Å². The van der Waals surface area contributed by atoms with Crippen molar-refractivity contribution in [1.82, 2.24) is 29.4 Å². The summed E-state index contributed by atoms with van der Waals surface area (Å²) in [5.74, 6) is 0.990. The monoisotopic (exact) mass is 364 g/mol. The number of nitrogens with zero attached hydrogens (tertiary/aromatic N) is 6. The van der Waals surface area contributed by atoms with E-state index in [4.69, 9.17) is 0 Å². The van der Waals surface area contributed by atoms with E-state index in [1.807, 2.05) is 17.8 Å². The Morgan fingerprint density at radius 2 is 2.12 bits per heavy atom. The number of benzene rings is 1. The van der Waals surface area contributed by atoms with Crippen LogP contribution < -0.4 is 0 Å². The standard InChI is InChI=1S/C17H19F3N6/c1-24-8-6-21-16(24)11-25-7-2-3-13(10-25)26-15-5-4-12(17(18,19)20)9-14(15)22-23-26/h4-6,8-9,13H,2-3,7,10-11H2,1H3/t13-/m0/s1. The van der Waals surface area contributed by atoms with Crippen molar-refractivity contribution in [3.05, 3.63) is 42.0 Å². The van der Waals surface area contributed by atoms with Crippen LogP contribution in [0.2, 0.25) is 0 Å². The highest BCUT2D eigenvalue weighted by atomic mass is 19.4. The molecule has 138 valence electrons. The first-order valence-corrected chi connectivity index (χ1v) is 8.52. The van der Waals surface area contributed by atoms with Gasteiger partial charge in [0.2, 0.25) is 0 Å². The molecule has 0 aliphatic carbocycles. The fourth-order valence-electron chi connectivity index (χ4n) is 3.51. The Morgan fingerprint density at radius 1 is 1.27 bits per heavy atom. The zero-order chi connectivity index (χ0) is 18.3. The average molecular weight is 364 g/mol. The maximum Gasteiger partial charge on any atom is 0.416 e. The Hall–Kier alpha value is -2.42. The van der Waals surface area contributed by atoms with Gasteiger partial charge in [0.05, 0.1) is 23.7 Å². The maximum absolute atomic E-state index is 12.9. The Morgan fingerprint density at radius 3 is 2.85 bits per heavy atom. The summed E-state index contributed by atoms with van der Waals surface area (Å²) in [5, 5.41) is 8.10. The van der Waals surface area contributed by atoms with Crippen LogP contribution in [0.3, 0.4) is 0 Å². The van der Waals surface area contributed by atoms with Crippen molar-refractivity contribution in [2.45, 2.75) is 31.6 Å². The molecule has 1 aliphatic heterocycles. The molecule has 0 bridgehead atoms. The molecule has 0 spiro atoms. The molecular formula is C17H19F3N6. The molecule has 1 saturated heterocycles. The minimum Gasteiger partial charge on any atom is -0.337 e. The number of piperidine rings is 1. The van der Waals surface area contributed by atoms with E-state index in [1.165, 1.54) is 6.07 Å². The van der Waals surface area contributed by atoms with Crippen LogP contribution in [0.1, 0.15) is 30.3 Å². The molecule has 26 heavy (non-hydrogen) atoms. The third kappa shape index (κ3) is 3.18. The van der Waals surface area contributed by atoms with Gasteiger partial charge < -0.3 is 4.57 Å². The van der Waals surface area contributed by atoms with Gasteiger partial charge in [-0.3, -0.25) is 4.90 Å². The van der Waals surface area contributed by atoms with Gasteiger partial charge in [0.25, 0.3) is 0 Å². The Labute approximate surface area is 148 Å². The second-order valence-corrected chi connectivity index (χ2v) is 6.72. The predicted octanol–water partition coefficient (Wildman–Crippen LogP) is 3.02. The number of aromatic nitrogens is 5. The van der Waals surface area contributed by atoms with E-state index in [1.54, 1.807) is 10.9 Å². The minimum atomic E-state index is -4.37. The molecule has 0 saturated carbocycles. The third-order valence-electron chi connectivity index (χ3n) is 4.91. The quantitative estimate of drug-likeness (QED) is 0.717. The smallest absolute Gasteiger partial charge is 0.337 e. The first kappa shape index (κ1) is 17.0. The van der Waals surface area contributed by atoms with Crippen LogP contribution in [-0.2, 0) is 19.8 Å².